The molecule has 5 heteroatoms. The third kappa shape index (κ3) is 2.66. The molecule has 2 atom stereocenters. The third-order valence-corrected chi connectivity index (χ3v) is 2.63. The zero-order chi connectivity index (χ0) is 13.3. The summed E-state index contributed by atoms with van der Waals surface area (Å²) in [7, 11) is 0. The lowest BCUT2D eigenvalue weighted by atomic mass is 9.88. The number of esters is 1. The second kappa shape index (κ2) is 4.74. The molecule has 5 nitrogen and oxygen atoms in total. The minimum atomic E-state index is -1.26. The Labute approximate surface area is 101 Å². The largest absolute Gasteiger partial charge is 0.458 e. The molecule has 0 aliphatic carbocycles. The average molecular weight is 244 g/mol. The molecule has 1 rings (SSSR count). The minimum absolute atomic E-state index is 0.149. The highest BCUT2D eigenvalue weighted by Crippen LogP contribution is 2.37. The van der Waals surface area contributed by atoms with Gasteiger partial charge in [0.15, 0.2) is 11.9 Å². The van der Waals surface area contributed by atoms with Crippen LogP contribution in [0.1, 0.15) is 47.5 Å². The lowest BCUT2D eigenvalue weighted by molar-refractivity contribution is -0.484. The predicted octanol–water partition coefficient (Wildman–Crippen LogP) is 1.79. The van der Waals surface area contributed by atoms with Gasteiger partial charge in [-0.15, -0.1) is 0 Å². The van der Waals surface area contributed by atoms with Crippen molar-refractivity contribution >= 4 is 11.8 Å². The second-order valence-corrected chi connectivity index (χ2v) is 5.12. The molecule has 0 saturated carbocycles. The van der Waals surface area contributed by atoms with Gasteiger partial charge in [-0.25, -0.2) is 14.6 Å². The molecule has 0 aromatic carbocycles. The van der Waals surface area contributed by atoms with Gasteiger partial charge in [0, 0.05) is 6.42 Å². The smallest absolute Gasteiger partial charge is 0.345 e. The summed E-state index contributed by atoms with van der Waals surface area (Å²) in [5.74, 6) is -0.686. The summed E-state index contributed by atoms with van der Waals surface area (Å²) in [6.45, 7) is 8.79. The first-order valence-corrected chi connectivity index (χ1v) is 5.87. The molecule has 0 aromatic rings. The molecule has 1 aliphatic heterocycles. The molecule has 1 heterocycles. The van der Waals surface area contributed by atoms with Crippen molar-refractivity contribution in [1.82, 2.24) is 0 Å². The van der Waals surface area contributed by atoms with Gasteiger partial charge < -0.3 is 4.74 Å². The second-order valence-electron chi connectivity index (χ2n) is 5.12. The highest BCUT2D eigenvalue weighted by molar-refractivity contribution is 5.93. The van der Waals surface area contributed by atoms with Crippen LogP contribution < -0.4 is 0 Å². The number of carbonyl (C=O) groups is 2. The molecule has 0 bridgehead atoms. The normalized spacial score (nSPS) is 28.4. The number of hydrogen-bond acceptors (Lipinski definition) is 5. The first-order chi connectivity index (χ1) is 7.77. The first kappa shape index (κ1) is 14.1. The molecule has 0 amide bonds. The van der Waals surface area contributed by atoms with E-state index in [0.29, 0.717) is 12.8 Å². The fraction of sp³-hybridized carbons (Fsp3) is 0.833. The van der Waals surface area contributed by atoms with E-state index < -0.39 is 23.3 Å². The molecule has 0 spiro atoms. The molecule has 0 aromatic heterocycles. The standard InChI is InChI=1S/C12H20O5/c1-6-8(13)9-12(7-2,17-16-9)10(14)15-11(3,4)5/h9H,6-7H2,1-5H3. The van der Waals surface area contributed by atoms with E-state index in [1.54, 1.807) is 34.6 Å². The number of hydrogen-bond donors (Lipinski definition) is 0. The van der Waals surface area contributed by atoms with E-state index in [1.807, 2.05) is 0 Å². The molecular weight excluding hydrogens is 224 g/mol. The van der Waals surface area contributed by atoms with Crippen LogP contribution in [0.5, 0.6) is 0 Å². The molecule has 2 unspecified atom stereocenters. The Hall–Kier alpha value is -0.940. The van der Waals surface area contributed by atoms with E-state index in [9.17, 15) is 9.59 Å². The molecule has 1 saturated heterocycles. The van der Waals surface area contributed by atoms with Gasteiger partial charge >= 0.3 is 5.97 Å². The van der Waals surface area contributed by atoms with Crippen molar-refractivity contribution in [2.45, 2.75) is 64.8 Å². The number of rotatable bonds is 4. The van der Waals surface area contributed by atoms with E-state index in [0.717, 1.165) is 0 Å². The maximum Gasteiger partial charge on any atom is 0.345 e. The van der Waals surface area contributed by atoms with Gasteiger partial charge in [-0.2, -0.15) is 0 Å². The monoisotopic (exact) mass is 244 g/mol. The zero-order valence-corrected chi connectivity index (χ0v) is 11.0. The Balaban J connectivity index is 2.83. The van der Waals surface area contributed by atoms with Crippen LogP contribution in [0.15, 0.2) is 0 Å². The zero-order valence-electron chi connectivity index (χ0n) is 11.0. The summed E-state index contributed by atoms with van der Waals surface area (Å²) in [5.41, 5.74) is -1.88. The number of Topliss-reactive ketones (excluding diaryl/α,β-unsaturated/α-hetero) is 1. The van der Waals surface area contributed by atoms with Crippen molar-refractivity contribution in [2.24, 2.45) is 0 Å². The number of ketones is 1. The lowest BCUT2D eigenvalue weighted by Gasteiger charge is -2.43. The Morgan fingerprint density at radius 2 is 1.88 bits per heavy atom. The van der Waals surface area contributed by atoms with Crippen LogP contribution in [0.3, 0.4) is 0 Å². The van der Waals surface area contributed by atoms with Crippen molar-refractivity contribution in [3.63, 3.8) is 0 Å². The van der Waals surface area contributed by atoms with Crippen molar-refractivity contribution in [2.75, 3.05) is 0 Å². The van der Waals surface area contributed by atoms with Gasteiger partial charge in [0.1, 0.15) is 5.60 Å². The van der Waals surface area contributed by atoms with Crippen molar-refractivity contribution in [1.29, 1.82) is 0 Å². The molecular formula is C12H20O5. The van der Waals surface area contributed by atoms with Crippen LogP contribution in [-0.2, 0) is 24.1 Å². The van der Waals surface area contributed by atoms with Crippen LogP contribution in [0, 0.1) is 0 Å². The van der Waals surface area contributed by atoms with Gasteiger partial charge in [0.2, 0.25) is 5.60 Å². The highest BCUT2D eigenvalue weighted by Gasteiger charge is 2.61. The van der Waals surface area contributed by atoms with E-state index in [4.69, 9.17) is 14.5 Å². The Morgan fingerprint density at radius 3 is 2.18 bits per heavy atom. The maximum atomic E-state index is 12.0. The van der Waals surface area contributed by atoms with E-state index in [2.05, 4.69) is 0 Å². The Kier molecular flexibility index (Phi) is 3.94. The molecule has 1 aliphatic rings. The number of ether oxygens (including phenoxy) is 1. The molecule has 1 fully saturated rings. The molecule has 17 heavy (non-hydrogen) atoms. The van der Waals surface area contributed by atoms with Crippen molar-refractivity contribution in [3.8, 4) is 0 Å². The highest BCUT2D eigenvalue weighted by atomic mass is 17.3. The summed E-state index contributed by atoms with van der Waals surface area (Å²) in [6.07, 6.45) is -0.191. The SMILES string of the molecule is CCC(=O)C1OOC1(CC)C(=O)OC(C)(C)C. The molecule has 98 valence electrons. The fourth-order valence-corrected chi connectivity index (χ4v) is 1.61. The van der Waals surface area contributed by atoms with Gasteiger partial charge in [0.25, 0.3) is 0 Å². The van der Waals surface area contributed by atoms with Gasteiger partial charge in [-0.05, 0) is 27.2 Å². The summed E-state index contributed by atoms with van der Waals surface area (Å²) >= 11 is 0. The summed E-state index contributed by atoms with van der Waals surface area (Å²) < 4.78 is 5.26. The van der Waals surface area contributed by atoms with E-state index >= 15 is 0 Å². The van der Waals surface area contributed by atoms with Crippen LogP contribution in [0.25, 0.3) is 0 Å². The van der Waals surface area contributed by atoms with Crippen LogP contribution >= 0.6 is 0 Å². The van der Waals surface area contributed by atoms with Gasteiger partial charge in [-0.3, -0.25) is 4.79 Å². The van der Waals surface area contributed by atoms with Crippen molar-refractivity contribution < 1.29 is 24.1 Å². The van der Waals surface area contributed by atoms with Gasteiger partial charge in [0.05, 0.1) is 0 Å². The Bertz CT molecular complexity index is 313. The molecule has 0 radical (unpaired) electrons. The fourth-order valence-electron chi connectivity index (χ4n) is 1.61. The first-order valence-electron chi connectivity index (χ1n) is 5.87. The lowest BCUT2D eigenvalue weighted by Crippen LogP contribution is -2.65. The van der Waals surface area contributed by atoms with E-state index in [1.165, 1.54) is 0 Å². The minimum Gasteiger partial charge on any atom is -0.458 e. The Morgan fingerprint density at radius 1 is 1.29 bits per heavy atom. The third-order valence-electron chi connectivity index (χ3n) is 2.63. The maximum absolute atomic E-state index is 12.0. The quantitative estimate of drug-likeness (QED) is 0.557. The summed E-state index contributed by atoms with van der Waals surface area (Å²) in [5, 5.41) is 0. The summed E-state index contributed by atoms with van der Waals surface area (Å²) in [6, 6.07) is 0. The number of carbonyl (C=O) groups excluding carboxylic acids is 2. The van der Waals surface area contributed by atoms with Gasteiger partial charge in [-0.1, -0.05) is 13.8 Å². The van der Waals surface area contributed by atoms with Crippen LogP contribution in [0.2, 0.25) is 0 Å². The van der Waals surface area contributed by atoms with Crippen LogP contribution in [0.4, 0.5) is 0 Å². The molecule has 0 N–H and O–H groups in total. The predicted molar refractivity (Wildman–Crippen MR) is 60.1 cm³/mol. The van der Waals surface area contributed by atoms with Crippen molar-refractivity contribution in [3.05, 3.63) is 0 Å². The average Bonchev–Trinajstić information content (AvgIpc) is 2.14. The van der Waals surface area contributed by atoms with E-state index in [-0.39, 0.29) is 5.78 Å². The topological polar surface area (TPSA) is 61.8 Å². The van der Waals surface area contributed by atoms with Crippen LogP contribution in [-0.4, -0.2) is 29.1 Å². The summed E-state index contributed by atoms with van der Waals surface area (Å²) in [4.78, 5) is 33.4.